The van der Waals surface area contributed by atoms with Crippen molar-refractivity contribution in [2.24, 2.45) is 0 Å². The molecule has 4 heterocycles. The van der Waals surface area contributed by atoms with Gasteiger partial charge in [0.05, 0.1) is 22.5 Å². The zero-order valence-corrected chi connectivity index (χ0v) is 17.8. The minimum absolute atomic E-state index is 0.0642. The van der Waals surface area contributed by atoms with Gasteiger partial charge in [0.25, 0.3) is 0 Å². The molecule has 4 aromatic rings. The van der Waals surface area contributed by atoms with Crippen molar-refractivity contribution in [2.75, 3.05) is 5.75 Å². The number of hydrogen-bond donors (Lipinski definition) is 1. The number of aryl methyl sites for hydroxylation is 2. The van der Waals surface area contributed by atoms with Crippen molar-refractivity contribution < 1.29 is 4.79 Å². The van der Waals surface area contributed by atoms with Gasteiger partial charge in [-0.2, -0.15) is 9.61 Å². The third-order valence-corrected chi connectivity index (χ3v) is 6.06. The molecule has 0 saturated heterocycles. The van der Waals surface area contributed by atoms with Crippen molar-refractivity contribution in [1.82, 2.24) is 35.1 Å². The predicted octanol–water partition coefficient (Wildman–Crippen LogP) is 3.23. The van der Waals surface area contributed by atoms with Crippen molar-refractivity contribution in [1.29, 1.82) is 0 Å². The van der Waals surface area contributed by atoms with E-state index in [9.17, 15) is 4.79 Å². The summed E-state index contributed by atoms with van der Waals surface area (Å²) in [4.78, 5) is 22.2. The molecule has 4 aromatic heterocycles. The number of thiazole rings is 1. The zero-order valence-electron chi connectivity index (χ0n) is 16.2. The van der Waals surface area contributed by atoms with Crippen LogP contribution in [0.25, 0.3) is 17.0 Å². The lowest BCUT2D eigenvalue weighted by molar-refractivity contribution is -0.119. The van der Waals surface area contributed by atoms with E-state index in [-0.39, 0.29) is 17.7 Å². The number of fused-ring (bicyclic) bond motifs is 1. The summed E-state index contributed by atoms with van der Waals surface area (Å²) in [7, 11) is 0. The zero-order chi connectivity index (χ0) is 20.4. The van der Waals surface area contributed by atoms with Gasteiger partial charge in [-0.15, -0.1) is 21.5 Å². The van der Waals surface area contributed by atoms with Gasteiger partial charge in [0.1, 0.15) is 5.03 Å². The van der Waals surface area contributed by atoms with Crippen LogP contribution in [0.1, 0.15) is 28.5 Å². The molecule has 1 atom stereocenters. The van der Waals surface area contributed by atoms with Gasteiger partial charge in [-0.1, -0.05) is 11.8 Å². The Labute approximate surface area is 175 Å². The van der Waals surface area contributed by atoms with E-state index in [2.05, 4.69) is 30.6 Å². The van der Waals surface area contributed by atoms with Crippen LogP contribution >= 0.6 is 23.1 Å². The van der Waals surface area contributed by atoms with E-state index in [0.717, 1.165) is 21.1 Å². The first-order valence-electron chi connectivity index (χ1n) is 9.00. The second-order valence-corrected chi connectivity index (χ2v) is 8.86. The van der Waals surface area contributed by atoms with Gasteiger partial charge in [0.15, 0.2) is 11.5 Å². The number of hydrogen-bond acceptors (Lipinski definition) is 8. The van der Waals surface area contributed by atoms with Crippen molar-refractivity contribution in [3.05, 3.63) is 52.2 Å². The molecule has 0 aliphatic carbocycles. The van der Waals surface area contributed by atoms with E-state index < -0.39 is 0 Å². The van der Waals surface area contributed by atoms with Crippen molar-refractivity contribution in [3.63, 3.8) is 0 Å². The number of rotatable bonds is 6. The number of nitrogens with one attached hydrogen (secondary N) is 1. The molecule has 0 bridgehead atoms. The first-order valence-corrected chi connectivity index (χ1v) is 10.8. The summed E-state index contributed by atoms with van der Waals surface area (Å²) in [5, 5.41) is 17.6. The summed E-state index contributed by atoms with van der Waals surface area (Å²) in [5.74, 6) is 0.809. The molecule has 10 heteroatoms. The monoisotopic (exact) mass is 425 g/mol. The van der Waals surface area contributed by atoms with E-state index in [4.69, 9.17) is 0 Å². The molecule has 0 aromatic carbocycles. The molecule has 1 amide bonds. The number of carbonyl (C=O) groups is 1. The maximum absolute atomic E-state index is 12.4. The molecule has 0 fully saturated rings. The fraction of sp³-hybridized carbons (Fsp3) is 0.263. The summed E-state index contributed by atoms with van der Waals surface area (Å²) in [6.45, 7) is 5.94. The highest BCUT2D eigenvalue weighted by atomic mass is 32.2. The number of amides is 1. The SMILES string of the molecule is Cc1nc(C(C)NC(=O)CSc2ccc3nnc(-c4cccnc4)n3n2)c(C)s1. The van der Waals surface area contributed by atoms with Crippen LogP contribution in [0.15, 0.2) is 41.7 Å². The van der Waals surface area contributed by atoms with Gasteiger partial charge in [0, 0.05) is 22.8 Å². The van der Waals surface area contributed by atoms with E-state index >= 15 is 0 Å². The Bertz CT molecular complexity index is 1160. The van der Waals surface area contributed by atoms with Gasteiger partial charge in [-0.25, -0.2) is 4.98 Å². The van der Waals surface area contributed by atoms with Crippen LogP contribution in [-0.2, 0) is 4.79 Å². The number of aromatic nitrogens is 6. The summed E-state index contributed by atoms with van der Waals surface area (Å²) < 4.78 is 1.67. The maximum atomic E-state index is 12.4. The molecule has 8 nitrogen and oxygen atoms in total. The Balaban J connectivity index is 1.44. The smallest absolute Gasteiger partial charge is 0.230 e. The second-order valence-electron chi connectivity index (χ2n) is 6.46. The van der Waals surface area contributed by atoms with E-state index in [0.29, 0.717) is 16.5 Å². The topological polar surface area (TPSA) is 98.0 Å². The molecular weight excluding hydrogens is 406 g/mol. The molecule has 148 valence electrons. The third kappa shape index (κ3) is 4.28. The number of pyridine rings is 1. The van der Waals surface area contributed by atoms with Crippen molar-refractivity contribution >= 4 is 34.7 Å². The van der Waals surface area contributed by atoms with E-state index in [1.165, 1.54) is 11.8 Å². The number of carbonyl (C=O) groups excluding carboxylic acids is 1. The second kappa shape index (κ2) is 8.26. The molecule has 0 saturated carbocycles. The molecule has 0 radical (unpaired) electrons. The molecule has 1 N–H and O–H groups in total. The molecule has 0 aliphatic heterocycles. The highest BCUT2D eigenvalue weighted by Crippen LogP contribution is 2.23. The minimum Gasteiger partial charge on any atom is -0.347 e. The van der Waals surface area contributed by atoms with Gasteiger partial charge in [-0.05, 0) is 45.0 Å². The van der Waals surface area contributed by atoms with Crippen molar-refractivity contribution in [2.45, 2.75) is 31.8 Å². The highest BCUT2D eigenvalue weighted by molar-refractivity contribution is 7.99. The molecule has 0 aliphatic rings. The quantitative estimate of drug-likeness (QED) is 0.474. The fourth-order valence-electron chi connectivity index (χ4n) is 2.96. The van der Waals surface area contributed by atoms with Gasteiger partial charge >= 0.3 is 0 Å². The molecule has 0 spiro atoms. The first kappa shape index (κ1) is 19.5. The Kier molecular flexibility index (Phi) is 5.54. The van der Waals surface area contributed by atoms with Crippen LogP contribution in [0.2, 0.25) is 0 Å². The average molecular weight is 426 g/mol. The van der Waals surface area contributed by atoms with Crippen LogP contribution in [0, 0.1) is 13.8 Å². The van der Waals surface area contributed by atoms with Crippen molar-refractivity contribution in [3.8, 4) is 11.4 Å². The number of nitrogens with zero attached hydrogens (tertiary/aromatic N) is 6. The predicted molar refractivity (Wildman–Crippen MR) is 113 cm³/mol. The van der Waals surface area contributed by atoms with Crippen LogP contribution in [0.5, 0.6) is 0 Å². The summed E-state index contributed by atoms with van der Waals surface area (Å²) in [5.41, 5.74) is 2.40. The molecule has 1 unspecified atom stereocenters. The lowest BCUT2D eigenvalue weighted by Crippen LogP contribution is -2.28. The minimum atomic E-state index is -0.126. The Morgan fingerprint density at radius 3 is 2.86 bits per heavy atom. The Morgan fingerprint density at radius 2 is 2.14 bits per heavy atom. The fourth-order valence-corrected chi connectivity index (χ4v) is 4.54. The normalized spacial score (nSPS) is 12.2. The van der Waals surface area contributed by atoms with Gasteiger partial charge < -0.3 is 5.32 Å². The molecular formula is C19H19N7OS2. The van der Waals surface area contributed by atoms with Crippen LogP contribution in [0.3, 0.4) is 0 Å². The Morgan fingerprint density at radius 1 is 1.28 bits per heavy atom. The molecule has 4 rings (SSSR count). The summed E-state index contributed by atoms with van der Waals surface area (Å²) >= 11 is 3.00. The third-order valence-electron chi connectivity index (χ3n) is 4.24. The summed E-state index contributed by atoms with van der Waals surface area (Å²) in [6.07, 6.45) is 3.42. The van der Waals surface area contributed by atoms with E-state index in [1.54, 1.807) is 28.2 Å². The Hall–Kier alpha value is -2.85. The highest BCUT2D eigenvalue weighted by Gasteiger charge is 2.16. The van der Waals surface area contributed by atoms with Crippen LogP contribution in [-0.4, -0.2) is 41.4 Å². The lowest BCUT2D eigenvalue weighted by atomic mass is 10.2. The standard InChI is InChI=1S/C19H19N7OS2/c1-11(18-12(2)29-13(3)22-18)21-16(27)10-28-17-7-6-15-23-24-19(26(15)25-17)14-5-4-8-20-9-14/h4-9,11H,10H2,1-3H3,(H,21,27). The lowest BCUT2D eigenvalue weighted by Gasteiger charge is -2.12. The largest absolute Gasteiger partial charge is 0.347 e. The first-order chi connectivity index (χ1) is 14.0. The maximum Gasteiger partial charge on any atom is 0.230 e. The average Bonchev–Trinajstić information content (AvgIpc) is 3.29. The van der Waals surface area contributed by atoms with Crippen LogP contribution < -0.4 is 5.32 Å². The summed E-state index contributed by atoms with van der Waals surface area (Å²) in [6, 6.07) is 7.29. The van der Waals surface area contributed by atoms with Gasteiger partial charge in [-0.3, -0.25) is 9.78 Å². The van der Waals surface area contributed by atoms with E-state index in [1.807, 2.05) is 45.0 Å². The van der Waals surface area contributed by atoms with Gasteiger partial charge in [0.2, 0.25) is 5.91 Å². The number of thioether (sulfide) groups is 1. The van der Waals surface area contributed by atoms with Crippen LogP contribution in [0.4, 0.5) is 0 Å². The molecule has 29 heavy (non-hydrogen) atoms.